The molecule has 0 saturated carbocycles. The van der Waals surface area contributed by atoms with E-state index in [1.807, 2.05) is 6.07 Å². The van der Waals surface area contributed by atoms with Gasteiger partial charge >= 0.3 is 0 Å². The molecule has 4 rings (SSSR count). The lowest BCUT2D eigenvalue weighted by atomic mass is 10.1. The van der Waals surface area contributed by atoms with Gasteiger partial charge in [0.25, 0.3) is 0 Å². The lowest BCUT2D eigenvalue weighted by Gasteiger charge is -2.09. The lowest BCUT2D eigenvalue weighted by molar-refractivity contribution is 0.0992. The van der Waals surface area contributed by atoms with E-state index in [4.69, 9.17) is 16.3 Å². The Bertz CT molecular complexity index is 1080. The van der Waals surface area contributed by atoms with Gasteiger partial charge in [-0.2, -0.15) is 0 Å². The molecular formula is C18H12ClN5O2. The van der Waals surface area contributed by atoms with Crippen LogP contribution in [0.25, 0.3) is 5.65 Å². The number of ether oxygens (including phenoxy) is 1. The molecule has 0 spiro atoms. The molecule has 0 bridgehead atoms. The van der Waals surface area contributed by atoms with E-state index >= 15 is 0 Å². The molecular weight excluding hydrogens is 354 g/mol. The molecule has 7 nitrogen and oxygen atoms in total. The van der Waals surface area contributed by atoms with E-state index < -0.39 is 0 Å². The minimum atomic E-state index is -0.128. The van der Waals surface area contributed by atoms with Crippen LogP contribution in [0.3, 0.4) is 0 Å². The number of nitrogens with zero attached hydrogens (tertiary/aromatic N) is 5. The maximum atomic E-state index is 12.8. The van der Waals surface area contributed by atoms with E-state index in [0.29, 0.717) is 33.4 Å². The summed E-state index contributed by atoms with van der Waals surface area (Å²) in [5.41, 5.74) is 1.55. The van der Waals surface area contributed by atoms with Gasteiger partial charge in [0.1, 0.15) is 17.8 Å². The molecule has 4 heterocycles. The third-order valence-corrected chi connectivity index (χ3v) is 3.86. The molecule has 4 aromatic rings. The van der Waals surface area contributed by atoms with Crippen molar-refractivity contribution >= 4 is 23.0 Å². The van der Waals surface area contributed by atoms with Crippen molar-refractivity contribution in [3.8, 4) is 11.5 Å². The molecule has 0 aromatic carbocycles. The largest absolute Gasteiger partial charge is 0.454 e. The van der Waals surface area contributed by atoms with Gasteiger partial charge in [-0.15, -0.1) is 10.2 Å². The molecule has 4 aromatic heterocycles. The number of hydrogen-bond donors (Lipinski definition) is 0. The van der Waals surface area contributed by atoms with Crippen molar-refractivity contribution in [1.82, 2.24) is 24.6 Å². The van der Waals surface area contributed by atoms with Crippen LogP contribution in [0, 0.1) is 0 Å². The third-order valence-electron chi connectivity index (χ3n) is 3.65. The minimum absolute atomic E-state index is 0.128. The molecule has 0 amide bonds. The summed E-state index contributed by atoms with van der Waals surface area (Å²) in [6.45, 7) is 0. The minimum Gasteiger partial charge on any atom is -0.454 e. The second-order valence-electron chi connectivity index (χ2n) is 5.51. The van der Waals surface area contributed by atoms with Crippen molar-refractivity contribution in [1.29, 1.82) is 0 Å². The van der Waals surface area contributed by atoms with Crippen LogP contribution in [0.1, 0.15) is 16.1 Å². The van der Waals surface area contributed by atoms with Gasteiger partial charge in [0, 0.05) is 24.2 Å². The van der Waals surface area contributed by atoms with Gasteiger partial charge in [-0.25, -0.2) is 0 Å². The summed E-state index contributed by atoms with van der Waals surface area (Å²) in [7, 11) is 0. The van der Waals surface area contributed by atoms with Gasteiger partial charge in [-0.05, 0) is 18.2 Å². The number of hydrogen-bond acceptors (Lipinski definition) is 6. The fraction of sp³-hybridized carbons (Fsp3) is 0.0556. The van der Waals surface area contributed by atoms with Crippen LogP contribution in [0.15, 0.2) is 61.4 Å². The van der Waals surface area contributed by atoms with Gasteiger partial charge in [0.15, 0.2) is 11.4 Å². The van der Waals surface area contributed by atoms with Crippen molar-refractivity contribution in [3.05, 3.63) is 77.7 Å². The topological polar surface area (TPSA) is 82.3 Å². The first-order chi connectivity index (χ1) is 12.7. The van der Waals surface area contributed by atoms with E-state index in [0.717, 1.165) is 0 Å². The monoisotopic (exact) mass is 365 g/mol. The number of pyridine rings is 3. The standard InChI is InChI=1S/C18H12ClN5O2/c19-12-5-14(9-20-8-12)26-15-7-16(18-23-22-11-24(18)10-15)17(25)6-13-3-1-2-4-21-13/h1-5,7-11H,6H2. The van der Waals surface area contributed by atoms with E-state index in [2.05, 4.69) is 20.2 Å². The third kappa shape index (κ3) is 3.38. The van der Waals surface area contributed by atoms with E-state index in [1.54, 1.807) is 41.1 Å². The first kappa shape index (κ1) is 16.2. The van der Waals surface area contributed by atoms with Gasteiger partial charge < -0.3 is 4.74 Å². The van der Waals surface area contributed by atoms with Crippen molar-refractivity contribution < 1.29 is 9.53 Å². The van der Waals surface area contributed by atoms with Crippen molar-refractivity contribution in [2.75, 3.05) is 0 Å². The quantitative estimate of drug-likeness (QED) is 0.504. The molecule has 8 heteroatoms. The highest BCUT2D eigenvalue weighted by atomic mass is 35.5. The number of fused-ring (bicyclic) bond motifs is 1. The van der Waals surface area contributed by atoms with Gasteiger partial charge in [-0.3, -0.25) is 19.2 Å². The number of carbonyl (C=O) groups is 1. The Morgan fingerprint density at radius 2 is 2.12 bits per heavy atom. The molecule has 0 aliphatic carbocycles. The van der Waals surface area contributed by atoms with Crippen LogP contribution < -0.4 is 4.74 Å². The first-order valence-electron chi connectivity index (χ1n) is 7.74. The lowest BCUT2D eigenvalue weighted by Crippen LogP contribution is -2.08. The summed E-state index contributed by atoms with van der Waals surface area (Å²) in [4.78, 5) is 21.0. The Labute approximate surface area is 153 Å². The maximum absolute atomic E-state index is 12.8. The Hall–Kier alpha value is -3.32. The van der Waals surface area contributed by atoms with Gasteiger partial charge in [-0.1, -0.05) is 17.7 Å². The average Bonchev–Trinajstić information content (AvgIpc) is 3.10. The molecule has 0 fully saturated rings. The Balaban J connectivity index is 1.69. The zero-order chi connectivity index (χ0) is 17.9. The molecule has 0 aliphatic heterocycles. The summed E-state index contributed by atoms with van der Waals surface area (Å²) < 4.78 is 7.42. The molecule has 0 saturated heterocycles. The van der Waals surface area contributed by atoms with Crippen molar-refractivity contribution in [2.45, 2.75) is 6.42 Å². The SMILES string of the molecule is O=C(Cc1ccccn1)c1cc(Oc2cncc(Cl)c2)cn2cnnc12. The highest BCUT2D eigenvalue weighted by molar-refractivity contribution is 6.30. The van der Waals surface area contributed by atoms with Crippen LogP contribution in [-0.2, 0) is 6.42 Å². The average molecular weight is 366 g/mol. The molecule has 0 atom stereocenters. The highest BCUT2D eigenvalue weighted by Crippen LogP contribution is 2.25. The second-order valence-corrected chi connectivity index (χ2v) is 5.95. The Kier molecular flexibility index (Phi) is 4.28. The van der Waals surface area contributed by atoms with Crippen LogP contribution in [0.4, 0.5) is 0 Å². The highest BCUT2D eigenvalue weighted by Gasteiger charge is 2.16. The molecule has 128 valence electrons. The van der Waals surface area contributed by atoms with Crippen molar-refractivity contribution in [3.63, 3.8) is 0 Å². The summed E-state index contributed by atoms with van der Waals surface area (Å²) in [6, 6.07) is 8.72. The van der Waals surface area contributed by atoms with Gasteiger partial charge in [0.2, 0.25) is 0 Å². The zero-order valence-electron chi connectivity index (χ0n) is 13.4. The molecule has 0 unspecified atom stereocenters. The Morgan fingerprint density at radius 3 is 2.92 bits per heavy atom. The van der Waals surface area contributed by atoms with Crippen LogP contribution >= 0.6 is 11.6 Å². The smallest absolute Gasteiger partial charge is 0.172 e. The first-order valence-corrected chi connectivity index (χ1v) is 8.12. The van der Waals surface area contributed by atoms with Crippen LogP contribution in [0.5, 0.6) is 11.5 Å². The predicted molar refractivity (Wildman–Crippen MR) is 94.6 cm³/mol. The van der Waals surface area contributed by atoms with Crippen LogP contribution in [-0.4, -0.2) is 30.3 Å². The molecule has 0 N–H and O–H groups in total. The van der Waals surface area contributed by atoms with E-state index in [1.165, 1.54) is 18.7 Å². The maximum Gasteiger partial charge on any atom is 0.172 e. The Morgan fingerprint density at radius 1 is 1.19 bits per heavy atom. The van der Waals surface area contributed by atoms with E-state index in [9.17, 15) is 4.79 Å². The molecule has 26 heavy (non-hydrogen) atoms. The summed E-state index contributed by atoms with van der Waals surface area (Å²) >= 11 is 5.93. The van der Waals surface area contributed by atoms with Gasteiger partial charge in [0.05, 0.1) is 29.4 Å². The number of aromatic nitrogens is 5. The number of carbonyl (C=O) groups excluding carboxylic acids is 1. The summed E-state index contributed by atoms with van der Waals surface area (Å²) in [5.74, 6) is 0.787. The zero-order valence-corrected chi connectivity index (χ0v) is 14.2. The number of rotatable bonds is 5. The fourth-order valence-corrected chi connectivity index (χ4v) is 2.68. The number of ketones is 1. The number of Topliss-reactive ketones (excluding diaryl/α,β-unsaturated/α-hetero) is 1. The van der Waals surface area contributed by atoms with Crippen molar-refractivity contribution in [2.24, 2.45) is 0 Å². The molecule has 0 radical (unpaired) electrons. The summed E-state index contributed by atoms with van der Waals surface area (Å²) in [5, 5.41) is 8.35. The van der Waals surface area contributed by atoms with Crippen LogP contribution in [0.2, 0.25) is 5.02 Å². The molecule has 0 aliphatic rings. The predicted octanol–water partition coefficient (Wildman–Crippen LogP) is 3.39. The fourth-order valence-electron chi connectivity index (χ4n) is 2.52. The normalized spacial score (nSPS) is 10.8. The number of halogens is 1. The summed E-state index contributed by atoms with van der Waals surface area (Å²) in [6.07, 6.45) is 8.06. The second kappa shape index (κ2) is 6.89. The van der Waals surface area contributed by atoms with E-state index in [-0.39, 0.29) is 12.2 Å².